The normalized spacial score (nSPS) is 48.2. The Labute approximate surface area is 71.4 Å². The van der Waals surface area contributed by atoms with Gasteiger partial charge >= 0.3 is 0 Å². The third-order valence-electron chi connectivity index (χ3n) is 3.09. The number of aliphatic hydroxyl groups is 3. The molecule has 2 rings (SSSR count). The highest BCUT2D eigenvalue weighted by Crippen LogP contribution is 2.32. The summed E-state index contributed by atoms with van der Waals surface area (Å²) in [6, 6.07) is -0.162. The van der Waals surface area contributed by atoms with Crippen molar-refractivity contribution in [2.75, 3.05) is 13.2 Å². The van der Waals surface area contributed by atoms with Crippen LogP contribution in [-0.2, 0) is 0 Å². The highest BCUT2D eigenvalue weighted by Gasteiger charge is 2.48. The van der Waals surface area contributed by atoms with Gasteiger partial charge in [-0.1, -0.05) is 0 Å². The number of rotatable bonds is 1. The largest absolute Gasteiger partial charge is 0.395 e. The number of hydrogen-bond acceptors (Lipinski definition) is 4. The number of nitrogens with zero attached hydrogens (tertiary/aromatic N) is 1. The van der Waals surface area contributed by atoms with Crippen LogP contribution in [0.4, 0.5) is 0 Å². The quantitative estimate of drug-likeness (QED) is 0.454. The zero-order valence-corrected chi connectivity index (χ0v) is 6.93. The van der Waals surface area contributed by atoms with E-state index in [2.05, 4.69) is 0 Å². The molecule has 2 aliphatic rings. The first-order chi connectivity index (χ1) is 5.75. The lowest BCUT2D eigenvalue weighted by molar-refractivity contribution is 0.0154. The summed E-state index contributed by atoms with van der Waals surface area (Å²) in [7, 11) is 0. The lowest BCUT2D eigenvalue weighted by atomic mass is 10.1. The second-order valence-electron chi connectivity index (χ2n) is 3.68. The zero-order valence-electron chi connectivity index (χ0n) is 6.93. The Bertz CT molecular complexity index is 174. The first-order valence-electron chi connectivity index (χ1n) is 4.48. The monoisotopic (exact) mass is 173 g/mol. The third-order valence-corrected chi connectivity index (χ3v) is 3.09. The van der Waals surface area contributed by atoms with E-state index in [1.807, 2.05) is 4.90 Å². The lowest BCUT2D eigenvalue weighted by Gasteiger charge is -2.21. The van der Waals surface area contributed by atoms with Crippen LogP contribution in [0.2, 0.25) is 0 Å². The molecule has 0 aromatic rings. The van der Waals surface area contributed by atoms with Gasteiger partial charge in [-0.05, 0) is 19.4 Å². The molecule has 0 spiro atoms. The molecule has 0 amide bonds. The molecule has 4 atom stereocenters. The zero-order chi connectivity index (χ0) is 8.72. The average Bonchev–Trinajstić information content (AvgIpc) is 2.59. The maximum atomic E-state index is 9.57. The highest BCUT2D eigenvalue weighted by molar-refractivity contribution is 5.03. The van der Waals surface area contributed by atoms with Crippen molar-refractivity contribution in [1.82, 2.24) is 4.90 Å². The summed E-state index contributed by atoms with van der Waals surface area (Å²) in [5.41, 5.74) is 0. The Morgan fingerprint density at radius 1 is 1.25 bits per heavy atom. The molecule has 1 unspecified atom stereocenters. The molecule has 2 fully saturated rings. The Morgan fingerprint density at radius 3 is 2.67 bits per heavy atom. The van der Waals surface area contributed by atoms with Crippen molar-refractivity contribution < 1.29 is 15.3 Å². The van der Waals surface area contributed by atoms with E-state index in [4.69, 9.17) is 5.11 Å². The molecule has 2 aliphatic heterocycles. The third kappa shape index (κ3) is 0.992. The van der Waals surface area contributed by atoms with Crippen molar-refractivity contribution in [1.29, 1.82) is 0 Å². The summed E-state index contributed by atoms with van der Waals surface area (Å²) in [4.78, 5) is 2.02. The van der Waals surface area contributed by atoms with Crippen molar-refractivity contribution in [3.05, 3.63) is 0 Å². The minimum absolute atomic E-state index is 0.0608. The van der Waals surface area contributed by atoms with Crippen LogP contribution in [0.15, 0.2) is 0 Å². The minimum atomic E-state index is -0.764. The average molecular weight is 173 g/mol. The Morgan fingerprint density at radius 2 is 2.00 bits per heavy atom. The number of fused-ring (bicyclic) bond motifs is 1. The molecule has 4 nitrogen and oxygen atoms in total. The van der Waals surface area contributed by atoms with Crippen LogP contribution in [0.25, 0.3) is 0 Å². The van der Waals surface area contributed by atoms with Crippen LogP contribution in [0, 0.1) is 0 Å². The number of hydrogen-bond donors (Lipinski definition) is 3. The van der Waals surface area contributed by atoms with Crippen LogP contribution < -0.4 is 0 Å². The van der Waals surface area contributed by atoms with Crippen LogP contribution in [0.5, 0.6) is 0 Å². The molecule has 0 bridgehead atoms. The molecule has 12 heavy (non-hydrogen) atoms. The molecule has 2 saturated heterocycles. The van der Waals surface area contributed by atoms with E-state index in [1.165, 1.54) is 0 Å². The van der Waals surface area contributed by atoms with Gasteiger partial charge in [0.15, 0.2) is 0 Å². The fourth-order valence-corrected chi connectivity index (χ4v) is 2.46. The van der Waals surface area contributed by atoms with E-state index in [0.717, 1.165) is 19.4 Å². The molecule has 0 saturated carbocycles. The van der Waals surface area contributed by atoms with Gasteiger partial charge in [-0.15, -0.1) is 0 Å². The van der Waals surface area contributed by atoms with E-state index in [-0.39, 0.29) is 18.7 Å². The van der Waals surface area contributed by atoms with Gasteiger partial charge in [0.1, 0.15) is 0 Å². The second kappa shape index (κ2) is 2.96. The van der Waals surface area contributed by atoms with Gasteiger partial charge in [-0.2, -0.15) is 0 Å². The maximum absolute atomic E-state index is 9.57. The topological polar surface area (TPSA) is 63.9 Å². The van der Waals surface area contributed by atoms with Gasteiger partial charge in [0.05, 0.1) is 24.9 Å². The van der Waals surface area contributed by atoms with Gasteiger partial charge in [0, 0.05) is 6.04 Å². The Hall–Kier alpha value is -0.160. The van der Waals surface area contributed by atoms with E-state index in [0.29, 0.717) is 0 Å². The SMILES string of the molecule is OC[C@@H]1[C@@H](O)[C@@H](O)C2CCCN21. The first-order valence-corrected chi connectivity index (χ1v) is 4.48. The van der Waals surface area contributed by atoms with Crippen LogP contribution in [0.1, 0.15) is 12.8 Å². The predicted octanol–water partition coefficient (Wildman–Crippen LogP) is -1.45. The van der Waals surface area contributed by atoms with E-state index >= 15 is 0 Å². The van der Waals surface area contributed by atoms with E-state index < -0.39 is 12.2 Å². The van der Waals surface area contributed by atoms with Crippen LogP contribution in [-0.4, -0.2) is 57.7 Å². The summed E-state index contributed by atoms with van der Waals surface area (Å²) in [5.74, 6) is 0. The van der Waals surface area contributed by atoms with Crippen molar-refractivity contribution in [3.8, 4) is 0 Å². The van der Waals surface area contributed by atoms with Gasteiger partial charge < -0.3 is 15.3 Å². The fraction of sp³-hybridized carbons (Fsp3) is 1.00. The second-order valence-corrected chi connectivity index (χ2v) is 3.68. The summed E-state index contributed by atoms with van der Waals surface area (Å²) < 4.78 is 0. The van der Waals surface area contributed by atoms with Gasteiger partial charge in [-0.3, -0.25) is 4.90 Å². The molecule has 0 aromatic carbocycles. The molecule has 4 heteroatoms. The minimum Gasteiger partial charge on any atom is -0.395 e. The van der Waals surface area contributed by atoms with Gasteiger partial charge in [-0.25, -0.2) is 0 Å². The molecule has 2 heterocycles. The maximum Gasteiger partial charge on any atom is 0.0991 e. The first kappa shape index (κ1) is 8.44. The Balaban J connectivity index is 2.15. The highest BCUT2D eigenvalue weighted by atomic mass is 16.3. The summed E-state index contributed by atoms with van der Waals surface area (Å²) in [6.45, 7) is 0.832. The van der Waals surface area contributed by atoms with Crippen molar-refractivity contribution in [2.24, 2.45) is 0 Å². The Kier molecular flexibility index (Phi) is 2.08. The van der Waals surface area contributed by atoms with E-state index in [9.17, 15) is 10.2 Å². The number of aliphatic hydroxyl groups excluding tert-OH is 3. The molecule has 0 aromatic heterocycles. The predicted molar refractivity (Wildman–Crippen MR) is 42.6 cm³/mol. The molecular formula is C8H15NO3. The summed E-state index contributed by atoms with van der Waals surface area (Å²) >= 11 is 0. The van der Waals surface area contributed by atoms with Crippen molar-refractivity contribution in [2.45, 2.75) is 37.1 Å². The van der Waals surface area contributed by atoms with Crippen molar-refractivity contribution >= 4 is 0 Å². The molecule has 0 radical (unpaired) electrons. The molecule has 70 valence electrons. The van der Waals surface area contributed by atoms with Gasteiger partial charge in [0.2, 0.25) is 0 Å². The van der Waals surface area contributed by atoms with Crippen molar-refractivity contribution in [3.63, 3.8) is 0 Å². The fourth-order valence-electron chi connectivity index (χ4n) is 2.46. The summed E-state index contributed by atoms with van der Waals surface area (Å²) in [5, 5.41) is 28.1. The standard InChI is InChI=1S/C8H15NO3/c10-4-6-8(12)7(11)5-2-1-3-9(5)6/h5-8,10-12H,1-4H2/t5?,6-,7+,8-/m1/s1. The van der Waals surface area contributed by atoms with E-state index in [1.54, 1.807) is 0 Å². The molecule has 3 N–H and O–H groups in total. The molecular weight excluding hydrogens is 158 g/mol. The van der Waals surface area contributed by atoms with Crippen LogP contribution >= 0.6 is 0 Å². The summed E-state index contributed by atoms with van der Waals surface area (Å²) in [6.07, 6.45) is 0.574. The van der Waals surface area contributed by atoms with Crippen LogP contribution in [0.3, 0.4) is 0 Å². The molecule has 0 aliphatic carbocycles. The smallest absolute Gasteiger partial charge is 0.0991 e. The lowest BCUT2D eigenvalue weighted by Crippen LogP contribution is -2.38. The van der Waals surface area contributed by atoms with Gasteiger partial charge in [0.25, 0.3) is 0 Å².